The zero-order valence-electron chi connectivity index (χ0n) is 13.7. The third kappa shape index (κ3) is 3.44. The Morgan fingerprint density at radius 2 is 1.88 bits per heavy atom. The quantitative estimate of drug-likeness (QED) is 0.722. The number of hydrogen-bond donors (Lipinski definition) is 2. The van der Waals surface area contributed by atoms with Crippen LogP contribution in [-0.2, 0) is 16.4 Å². The van der Waals surface area contributed by atoms with E-state index in [0.717, 1.165) is 16.5 Å². The van der Waals surface area contributed by atoms with Crippen LogP contribution in [-0.4, -0.2) is 27.1 Å². The Morgan fingerprint density at radius 1 is 1.12 bits per heavy atom. The molecule has 0 radical (unpaired) electrons. The second-order valence-electron chi connectivity index (χ2n) is 5.69. The van der Waals surface area contributed by atoms with Crippen molar-refractivity contribution in [1.82, 2.24) is 9.71 Å². The molecule has 0 saturated heterocycles. The van der Waals surface area contributed by atoms with Crippen molar-refractivity contribution in [3.8, 4) is 5.75 Å². The van der Waals surface area contributed by atoms with Crippen LogP contribution in [0.3, 0.4) is 0 Å². The van der Waals surface area contributed by atoms with Gasteiger partial charge in [0.25, 0.3) is 0 Å². The molecule has 3 aromatic rings. The molecule has 1 heterocycles. The summed E-state index contributed by atoms with van der Waals surface area (Å²) in [6, 6.07) is 12.5. The smallest absolute Gasteiger partial charge is 0.240 e. The van der Waals surface area contributed by atoms with Gasteiger partial charge in [-0.2, -0.15) is 0 Å². The third-order valence-corrected chi connectivity index (χ3v) is 5.46. The van der Waals surface area contributed by atoms with E-state index in [0.29, 0.717) is 18.7 Å². The van der Waals surface area contributed by atoms with Gasteiger partial charge < -0.3 is 9.72 Å². The van der Waals surface area contributed by atoms with Crippen LogP contribution in [0.2, 0.25) is 0 Å². The Labute approximate surface area is 141 Å². The summed E-state index contributed by atoms with van der Waals surface area (Å²) in [5.41, 5.74) is 3.35. The number of methoxy groups -OCH3 is 1. The number of ether oxygens (including phenoxy) is 1. The van der Waals surface area contributed by atoms with Crippen molar-refractivity contribution in [3.05, 3.63) is 59.8 Å². The van der Waals surface area contributed by atoms with Crippen LogP contribution < -0.4 is 9.46 Å². The van der Waals surface area contributed by atoms with Crippen molar-refractivity contribution >= 4 is 20.9 Å². The Hall–Kier alpha value is -2.31. The van der Waals surface area contributed by atoms with Crippen molar-refractivity contribution < 1.29 is 13.2 Å². The number of hydrogen-bond acceptors (Lipinski definition) is 3. The molecule has 0 aliphatic heterocycles. The van der Waals surface area contributed by atoms with E-state index in [1.54, 1.807) is 19.2 Å². The average Bonchev–Trinajstić information content (AvgIpc) is 2.97. The molecule has 0 amide bonds. The fraction of sp³-hybridized carbons (Fsp3) is 0.222. The van der Waals surface area contributed by atoms with E-state index in [9.17, 15) is 8.42 Å². The average molecular weight is 344 g/mol. The second kappa shape index (κ2) is 6.67. The van der Waals surface area contributed by atoms with Gasteiger partial charge in [0.2, 0.25) is 10.0 Å². The zero-order valence-corrected chi connectivity index (χ0v) is 14.5. The highest BCUT2D eigenvalue weighted by Crippen LogP contribution is 2.20. The number of sulfonamides is 1. The molecule has 126 valence electrons. The normalized spacial score (nSPS) is 11.8. The van der Waals surface area contributed by atoms with Gasteiger partial charge in [0.1, 0.15) is 5.75 Å². The first-order valence-corrected chi connectivity index (χ1v) is 9.18. The van der Waals surface area contributed by atoms with Gasteiger partial charge in [0.15, 0.2) is 0 Å². The van der Waals surface area contributed by atoms with Gasteiger partial charge in [-0.25, -0.2) is 13.1 Å². The van der Waals surface area contributed by atoms with Crippen LogP contribution in [0.4, 0.5) is 0 Å². The molecule has 5 nitrogen and oxygen atoms in total. The molecular weight excluding hydrogens is 324 g/mol. The van der Waals surface area contributed by atoms with Crippen LogP contribution >= 0.6 is 0 Å². The monoisotopic (exact) mass is 344 g/mol. The topological polar surface area (TPSA) is 71.2 Å². The molecule has 0 aliphatic rings. The predicted octanol–water partition coefficient (Wildman–Crippen LogP) is 3.01. The van der Waals surface area contributed by atoms with Crippen LogP contribution in [0, 0.1) is 6.92 Å². The number of fused-ring (bicyclic) bond motifs is 1. The highest BCUT2D eigenvalue weighted by Gasteiger charge is 2.14. The largest absolute Gasteiger partial charge is 0.497 e. The molecule has 3 rings (SSSR count). The number of aryl methyl sites for hydroxylation is 1. The summed E-state index contributed by atoms with van der Waals surface area (Å²) >= 11 is 0. The molecule has 0 atom stereocenters. The Morgan fingerprint density at radius 3 is 2.58 bits per heavy atom. The van der Waals surface area contributed by atoms with Crippen molar-refractivity contribution in [2.24, 2.45) is 0 Å². The van der Waals surface area contributed by atoms with Gasteiger partial charge in [-0.15, -0.1) is 0 Å². The van der Waals surface area contributed by atoms with Crippen LogP contribution in [0.15, 0.2) is 53.6 Å². The lowest BCUT2D eigenvalue weighted by Crippen LogP contribution is -2.25. The molecule has 2 N–H and O–H groups in total. The van der Waals surface area contributed by atoms with Gasteiger partial charge in [-0.1, -0.05) is 11.6 Å². The maximum absolute atomic E-state index is 12.3. The third-order valence-electron chi connectivity index (χ3n) is 3.98. The first kappa shape index (κ1) is 16.5. The second-order valence-corrected chi connectivity index (χ2v) is 7.45. The lowest BCUT2D eigenvalue weighted by molar-refractivity contribution is 0.414. The van der Waals surface area contributed by atoms with Crippen molar-refractivity contribution in [2.75, 3.05) is 13.7 Å². The van der Waals surface area contributed by atoms with E-state index < -0.39 is 10.0 Å². The number of rotatable bonds is 6. The van der Waals surface area contributed by atoms with Crippen molar-refractivity contribution in [2.45, 2.75) is 18.2 Å². The summed E-state index contributed by atoms with van der Waals surface area (Å²) in [4.78, 5) is 3.45. The SMILES string of the molecule is COc1ccc(S(=O)(=O)NCCc2c[nH]c3ccc(C)cc23)cc1. The summed E-state index contributed by atoms with van der Waals surface area (Å²) in [6.45, 7) is 2.39. The number of benzene rings is 2. The molecular formula is C18H20N2O3S. The van der Waals surface area contributed by atoms with Crippen LogP contribution in [0.1, 0.15) is 11.1 Å². The van der Waals surface area contributed by atoms with E-state index in [4.69, 9.17) is 4.74 Å². The summed E-state index contributed by atoms with van der Waals surface area (Å²) in [6.07, 6.45) is 2.56. The maximum atomic E-state index is 12.3. The predicted molar refractivity (Wildman–Crippen MR) is 94.9 cm³/mol. The van der Waals surface area contributed by atoms with Gasteiger partial charge in [-0.05, 0) is 55.3 Å². The van der Waals surface area contributed by atoms with Crippen molar-refractivity contribution in [1.29, 1.82) is 0 Å². The number of aromatic amines is 1. The number of aromatic nitrogens is 1. The Bertz CT molecular complexity index is 944. The molecule has 0 spiro atoms. The summed E-state index contributed by atoms with van der Waals surface area (Å²) < 4.78 is 32.3. The zero-order chi connectivity index (χ0) is 17.2. The minimum absolute atomic E-state index is 0.234. The molecule has 0 unspecified atom stereocenters. The highest BCUT2D eigenvalue weighted by atomic mass is 32.2. The molecule has 0 aliphatic carbocycles. The fourth-order valence-electron chi connectivity index (χ4n) is 2.66. The van der Waals surface area contributed by atoms with Crippen LogP contribution in [0.5, 0.6) is 5.75 Å². The van der Waals surface area contributed by atoms with Crippen molar-refractivity contribution in [3.63, 3.8) is 0 Å². The minimum Gasteiger partial charge on any atom is -0.497 e. The maximum Gasteiger partial charge on any atom is 0.240 e. The van der Waals surface area contributed by atoms with Crippen LogP contribution in [0.25, 0.3) is 10.9 Å². The lowest BCUT2D eigenvalue weighted by Gasteiger charge is -2.07. The van der Waals surface area contributed by atoms with Gasteiger partial charge in [0.05, 0.1) is 12.0 Å². The molecule has 0 fully saturated rings. The molecule has 0 bridgehead atoms. The standard InChI is InChI=1S/C18H20N2O3S/c1-13-3-8-18-17(11-13)14(12-19-18)9-10-20-24(21,22)16-6-4-15(23-2)5-7-16/h3-8,11-12,19-20H,9-10H2,1-2H3. The van der Waals surface area contributed by atoms with E-state index >= 15 is 0 Å². The molecule has 2 aromatic carbocycles. The fourth-order valence-corrected chi connectivity index (χ4v) is 3.69. The molecule has 24 heavy (non-hydrogen) atoms. The van der Waals surface area contributed by atoms with Gasteiger partial charge in [-0.3, -0.25) is 0 Å². The van der Waals surface area contributed by atoms with E-state index in [1.165, 1.54) is 17.7 Å². The summed E-state index contributed by atoms with van der Waals surface area (Å²) in [5, 5.41) is 1.14. The lowest BCUT2D eigenvalue weighted by atomic mass is 10.1. The molecule has 1 aromatic heterocycles. The Balaban J connectivity index is 1.69. The number of nitrogens with one attached hydrogen (secondary N) is 2. The summed E-state index contributed by atoms with van der Waals surface area (Å²) in [7, 11) is -1.97. The Kier molecular flexibility index (Phi) is 4.59. The molecule has 0 saturated carbocycles. The first-order chi connectivity index (χ1) is 11.5. The molecule has 6 heteroatoms. The minimum atomic E-state index is -3.52. The van der Waals surface area contributed by atoms with E-state index in [-0.39, 0.29) is 4.90 Å². The van der Waals surface area contributed by atoms with E-state index in [2.05, 4.69) is 21.8 Å². The van der Waals surface area contributed by atoms with Gasteiger partial charge >= 0.3 is 0 Å². The van der Waals surface area contributed by atoms with E-state index in [1.807, 2.05) is 19.2 Å². The highest BCUT2D eigenvalue weighted by molar-refractivity contribution is 7.89. The number of H-pyrrole nitrogens is 1. The first-order valence-electron chi connectivity index (χ1n) is 7.70. The summed E-state index contributed by atoms with van der Waals surface area (Å²) in [5.74, 6) is 0.628. The van der Waals surface area contributed by atoms with Gasteiger partial charge in [0, 0.05) is 23.6 Å².